The second-order valence-corrected chi connectivity index (χ2v) is 8.56. The van der Waals surface area contributed by atoms with Crippen LogP contribution in [0.3, 0.4) is 0 Å². The van der Waals surface area contributed by atoms with Gasteiger partial charge in [0.05, 0.1) is 18.1 Å². The SMILES string of the molecule is CCCOC(=O)C1=C(C)NC2=C(C(=O)CC(C)(C)C2)C1c1cccs1. The molecule has 5 heteroatoms. The topological polar surface area (TPSA) is 55.4 Å². The van der Waals surface area contributed by atoms with Crippen molar-refractivity contribution in [2.24, 2.45) is 5.41 Å². The predicted molar refractivity (Wildman–Crippen MR) is 99.2 cm³/mol. The molecule has 1 atom stereocenters. The zero-order valence-corrected chi connectivity index (χ0v) is 16.1. The molecule has 1 aliphatic heterocycles. The van der Waals surface area contributed by atoms with Gasteiger partial charge >= 0.3 is 5.97 Å². The Labute approximate surface area is 153 Å². The molecule has 0 amide bonds. The minimum atomic E-state index is -0.325. The van der Waals surface area contributed by atoms with Gasteiger partial charge in [0.2, 0.25) is 0 Å². The molecule has 0 saturated heterocycles. The number of thiophene rings is 1. The molecule has 1 unspecified atom stereocenters. The maximum Gasteiger partial charge on any atom is 0.336 e. The number of carbonyl (C=O) groups excluding carboxylic acids is 2. The molecule has 0 spiro atoms. The number of carbonyl (C=O) groups is 2. The third kappa shape index (κ3) is 3.43. The van der Waals surface area contributed by atoms with Gasteiger partial charge in [0.25, 0.3) is 0 Å². The molecular weight excluding hydrogens is 334 g/mol. The number of hydrogen-bond acceptors (Lipinski definition) is 5. The first-order valence-electron chi connectivity index (χ1n) is 8.78. The molecule has 1 aromatic rings. The van der Waals surface area contributed by atoms with Gasteiger partial charge < -0.3 is 10.1 Å². The van der Waals surface area contributed by atoms with Gasteiger partial charge in [-0.15, -0.1) is 11.3 Å². The van der Waals surface area contributed by atoms with E-state index in [1.165, 1.54) is 0 Å². The summed E-state index contributed by atoms with van der Waals surface area (Å²) >= 11 is 1.58. The average Bonchev–Trinajstić information content (AvgIpc) is 3.04. The first-order chi connectivity index (χ1) is 11.8. The van der Waals surface area contributed by atoms with E-state index in [0.717, 1.165) is 34.7 Å². The Kier molecular flexibility index (Phi) is 4.87. The monoisotopic (exact) mass is 359 g/mol. The van der Waals surface area contributed by atoms with Crippen LogP contribution in [0.1, 0.15) is 57.8 Å². The molecule has 1 N–H and O–H groups in total. The molecule has 4 nitrogen and oxygen atoms in total. The Morgan fingerprint density at radius 3 is 2.80 bits per heavy atom. The highest BCUT2D eigenvalue weighted by molar-refractivity contribution is 7.10. The number of nitrogens with one attached hydrogen (secondary N) is 1. The lowest BCUT2D eigenvalue weighted by molar-refractivity contribution is -0.139. The van der Waals surface area contributed by atoms with Gasteiger partial charge in [-0.05, 0) is 36.6 Å². The van der Waals surface area contributed by atoms with Gasteiger partial charge in [0.1, 0.15) is 0 Å². The van der Waals surface area contributed by atoms with Crippen LogP contribution in [0.5, 0.6) is 0 Å². The van der Waals surface area contributed by atoms with E-state index in [0.29, 0.717) is 18.6 Å². The largest absolute Gasteiger partial charge is 0.462 e. The van der Waals surface area contributed by atoms with Crippen molar-refractivity contribution in [2.75, 3.05) is 6.61 Å². The van der Waals surface area contributed by atoms with Crippen molar-refractivity contribution in [2.45, 2.75) is 52.9 Å². The summed E-state index contributed by atoms with van der Waals surface area (Å²) in [5, 5.41) is 5.33. The summed E-state index contributed by atoms with van der Waals surface area (Å²) in [5.41, 5.74) is 3.01. The lowest BCUT2D eigenvalue weighted by atomic mass is 9.70. The van der Waals surface area contributed by atoms with E-state index in [-0.39, 0.29) is 23.1 Å². The standard InChI is InChI=1S/C20H25NO3S/c1-5-8-24-19(23)16-12(2)21-13-10-20(3,4)11-14(22)17(13)18(16)15-7-6-9-25-15/h6-7,9,18,21H,5,8,10-11H2,1-4H3. The molecule has 0 aromatic carbocycles. The molecule has 25 heavy (non-hydrogen) atoms. The second kappa shape index (κ2) is 6.79. The first-order valence-corrected chi connectivity index (χ1v) is 9.66. The Morgan fingerprint density at radius 1 is 1.40 bits per heavy atom. The van der Waals surface area contributed by atoms with E-state index >= 15 is 0 Å². The number of allylic oxidation sites excluding steroid dienone is 3. The Hall–Kier alpha value is -1.88. The zero-order chi connectivity index (χ0) is 18.2. The van der Waals surface area contributed by atoms with E-state index < -0.39 is 0 Å². The van der Waals surface area contributed by atoms with Crippen LogP contribution in [0.4, 0.5) is 0 Å². The second-order valence-electron chi connectivity index (χ2n) is 7.58. The van der Waals surface area contributed by atoms with Gasteiger partial charge in [0.15, 0.2) is 5.78 Å². The zero-order valence-electron chi connectivity index (χ0n) is 15.3. The van der Waals surface area contributed by atoms with Crippen LogP contribution in [0.2, 0.25) is 0 Å². The molecule has 1 aromatic heterocycles. The predicted octanol–water partition coefficient (Wildman–Crippen LogP) is 4.31. The van der Waals surface area contributed by atoms with Crippen molar-refractivity contribution in [3.05, 3.63) is 44.9 Å². The van der Waals surface area contributed by atoms with Crippen LogP contribution < -0.4 is 5.32 Å². The molecule has 2 heterocycles. The summed E-state index contributed by atoms with van der Waals surface area (Å²) in [6.07, 6.45) is 2.09. The highest BCUT2D eigenvalue weighted by Gasteiger charge is 2.43. The number of Topliss-reactive ketones (excluding diaryl/α,β-unsaturated/α-hetero) is 1. The lowest BCUT2D eigenvalue weighted by Crippen LogP contribution is -2.38. The summed E-state index contributed by atoms with van der Waals surface area (Å²) < 4.78 is 5.42. The van der Waals surface area contributed by atoms with Crippen LogP contribution >= 0.6 is 11.3 Å². The van der Waals surface area contributed by atoms with Crippen LogP contribution in [-0.4, -0.2) is 18.4 Å². The van der Waals surface area contributed by atoms with Crippen LogP contribution in [-0.2, 0) is 14.3 Å². The highest BCUT2D eigenvalue weighted by atomic mass is 32.1. The molecule has 3 rings (SSSR count). The van der Waals surface area contributed by atoms with E-state index in [4.69, 9.17) is 4.74 Å². The molecule has 2 aliphatic rings. The van der Waals surface area contributed by atoms with Crippen molar-refractivity contribution in [1.29, 1.82) is 0 Å². The Bertz CT molecular complexity index is 756. The van der Waals surface area contributed by atoms with Gasteiger partial charge in [-0.1, -0.05) is 26.8 Å². The molecular formula is C20H25NO3S. The number of ether oxygens (including phenoxy) is 1. The summed E-state index contributed by atoms with van der Waals surface area (Å²) in [4.78, 5) is 26.7. The van der Waals surface area contributed by atoms with E-state index in [9.17, 15) is 9.59 Å². The number of ketones is 1. The average molecular weight is 359 g/mol. The molecule has 134 valence electrons. The quantitative estimate of drug-likeness (QED) is 0.814. The van der Waals surface area contributed by atoms with Crippen LogP contribution in [0, 0.1) is 5.41 Å². The summed E-state index contributed by atoms with van der Waals surface area (Å²) in [7, 11) is 0. The summed E-state index contributed by atoms with van der Waals surface area (Å²) in [6.45, 7) is 8.48. The maximum atomic E-state index is 13.0. The van der Waals surface area contributed by atoms with Gasteiger partial charge in [-0.25, -0.2) is 4.79 Å². The van der Waals surface area contributed by atoms with E-state index in [2.05, 4.69) is 19.2 Å². The van der Waals surface area contributed by atoms with Crippen LogP contribution in [0.25, 0.3) is 0 Å². The molecule has 0 radical (unpaired) electrons. The van der Waals surface area contributed by atoms with Gasteiger partial charge in [-0.3, -0.25) is 4.79 Å². The molecule has 0 bridgehead atoms. The minimum absolute atomic E-state index is 0.0661. The molecule has 0 fully saturated rings. The highest BCUT2D eigenvalue weighted by Crippen LogP contribution is 2.47. The third-order valence-electron chi connectivity index (χ3n) is 4.72. The van der Waals surface area contributed by atoms with Crippen molar-refractivity contribution in [3.8, 4) is 0 Å². The fourth-order valence-electron chi connectivity index (χ4n) is 3.72. The fourth-order valence-corrected chi connectivity index (χ4v) is 4.56. The van der Waals surface area contributed by atoms with Crippen molar-refractivity contribution in [1.82, 2.24) is 5.32 Å². The normalized spacial score (nSPS) is 22.6. The minimum Gasteiger partial charge on any atom is -0.462 e. The first kappa shape index (κ1) is 17.9. The van der Waals surface area contributed by atoms with E-state index in [1.54, 1.807) is 11.3 Å². The lowest BCUT2D eigenvalue weighted by Gasteiger charge is -2.39. The van der Waals surface area contributed by atoms with Crippen molar-refractivity contribution < 1.29 is 14.3 Å². The summed E-state index contributed by atoms with van der Waals surface area (Å²) in [5.74, 6) is -0.510. The smallest absolute Gasteiger partial charge is 0.336 e. The van der Waals surface area contributed by atoms with Gasteiger partial charge in [0, 0.05) is 28.3 Å². The third-order valence-corrected chi connectivity index (χ3v) is 5.66. The van der Waals surface area contributed by atoms with E-state index in [1.807, 2.05) is 31.4 Å². The number of dihydropyridines is 1. The summed E-state index contributed by atoms with van der Waals surface area (Å²) in [6, 6.07) is 3.96. The fraction of sp³-hybridized carbons (Fsp3) is 0.500. The number of hydrogen-bond donors (Lipinski definition) is 1. The van der Waals surface area contributed by atoms with Gasteiger partial charge in [-0.2, -0.15) is 0 Å². The molecule has 1 aliphatic carbocycles. The van der Waals surface area contributed by atoms with Crippen LogP contribution in [0.15, 0.2) is 40.1 Å². The number of rotatable bonds is 4. The van der Waals surface area contributed by atoms with Crippen molar-refractivity contribution >= 4 is 23.1 Å². The Morgan fingerprint density at radius 2 is 2.16 bits per heavy atom. The molecule has 0 saturated carbocycles. The van der Waals surface area contributed by atoms with Crippen molar-refractivity contribution in [3.63, 3.8) is 0 Å². The Balaban J connectivity index is 2.08. The maximum absolute atomic E-state index is 13.0. The number of esters is 1.